The normalized spacial score (nSPS) is 23.5. The zero-order valence-corrected chi connectivity index (χ0v) is 10.9. The van der Waals surface area contributed by atoms with Crippen LogP contribution in [-0.4, -0.2) is 27.2 Å². The number of aromatic hydroxyl groups is 1. The summed E-state index contributed by atoms with van der Waals surface area (Å²) >= 11 is 0. The summed E-state index contributed by atoms with van der Waals surface area (Å²) < 4.78 is 0. The van der Waals surface area contributed by atoms with Gasteiger partial charge in [0.1, 0.15) is 5.75 Å². The molecule has 1 saturated heterocycles. The maximum atomic E-state index is 12.0. The van der Waals surface area contributed by atoms with E-state index >= 15 is 0 Å². The van der Waals surface area contributed by atoms with Crippen molar-refractivity contribution >= 4 is 11.8 Å². The number of phenols is 1. The van der Waals surface area contributed by atoms with Crippen LogP contribution in [0.4, 0.5) is 0 Å². The molecule has 2 rings (SSSR count). The van der Waals surface area contributed by atoms with E-state index in [1.807, 2.05) is 13.8 Å². The molecule has 0 spiro atoms. The summed E-state index contributed by atoms with van der Waals surface area (Å²) in [6, 6.07) is 6.16. The van der Waals surface area contributed by atoms with Crippen LogP contribution in [-0.2, 0) is 9.59 Å². The first-order chi connectivity index (χ1) is 8.91. The molecule has 2 atom stereocenters. The Kier molecular flexibility index (Phi) is 3.57. The first kappa shape index (κ1) is 13.5. The maximum Gasteiger partial charge on any atom is 0.261 e. The summed E-state index contributed by atoms with van der Waals surface area (Å²) in [4.78, 5) is 23.9. The smallest absolute Gasteiger partial charge is 0.261 e. The standard InChI is InChI=1S/C14H17NO4/c1-8(2)7-11-12(14(18)15(19)13(11)17)9-3-5-10(16)6-4-9/h3-6,8,11-12,16,19H,7H2,1-2H3. The summed E-state index contributed by atoms with van der Waals surface area (Å²) in [7, 11) is 0. The Morgan fingerprint density at radius 2 is 1.74 bits per heavy atom. The average molecular weight is 263 g/mol. The van der Waals surface area contributed by atoms with Gasteiger partial charge in [-0.2, -0.15) is 5.06 Å². The molecule has 5 nitrogen and oxygen atoms in total. The number of carbonyl (C=O) groups excluding carboxylic acids is 2. The van der Waals surface area contributed by atoms with Gasteiger partial charge in [-0.25, -0.2) is 0 Å². The summed E-state index contributed by atoms with van der Waals surface area (Å²) in [5.41, 5.74) is 0.637. The van der Waals surface area contributed by atoms with Gasteiger partial charge in [0, 0.05) is 0 Å². The van der Waals surface area contributed by atoms with Crippen molar-refractivity contribution in [1.82, 2.24) is 5.06 Å². The number of benzene rings is 1. The van der Waals surface area contributed by atoms with Crippen LogP contribution < -0.4 is 0 Å². The Balaban J connectivity index is 2.36. The third-order valence-corrected chi connectivity index (χ3v) is 3.38. The van der Waals surface area contributed by atoms with E-state index in [1.54, 1.807) is 12.1 Å². The minimum Gasteiger partial charge on any atom is -0.508 e. The van der Waals surface area contributed by atoms with Crippen molar-refractivity contribution in [3.8, 4) is 5.75 Å². The van der Waals surface area contributed by atoms with Crippen molar-refractivity contribution in [2.45, 2.75) is 26.2 Å². The summed E-state index contributed by atoms with van der Waals surface area (Å²) in [6.07, 6.45) is 0.535. The second-order valence-corrected chi connectivity index (χ2v) is 5.29. The lowest BCUT2D eigenvalue weighted by Crippen LogP contribution is -2.27. The highest BCUT2D eigenvalue weighted by atomic mass is 16.5. The molecule has 1 aliphatic heterocycles. The quantitative estimate of drug-likeness (QED) is 0.645. The summed E-state index contributed by atoms with van der Waals surface area (Å²) in [5.74, 6) is -2.00. The summed E-state index contributed by atoms with van der Waals surface area (Å²) in [5, 5.41) is 19.0. The molecule has 1 aromatic carbocycles. The second-order valence-electron chi connectivity index (χ2n) is 5.29. The number of phenolic OH excluding ortho intramolecular Hbond substituents is 1. The molecular formula is C14H17NO4. The molecule has 2 N–H and O–H groups in total. The fraction of sp³-hybridized carbons (Fsp3) is 0.429. The van der Waals surface area contributed by atoms with Crippen LogP contribution in [0.15, 0.2) is 24.3 Å². The number of nitrogens with zero attached hydrogens (tertiary/aromatic N) is 1. The SMILES string of the molecule is CC(C)CC1C(=O)N(O)C(=O)C1c1ccc(O)cc1. The number of hydrogen-bond donors (Lipinski definition) is 2. The topological polar surface area (TPSA) is 77.8 Å². The van der Waals surface area contributed by atoms with Crippen LogP contribution in [0.1, 0.15) is 31.7 Å². The second kappa shape index (κ2) is 5.01. The van der Waals surface area contributed by atoms with E-state index in [2.05, 4.69) is 0 Å². The van der Waals surface area contributed by atoms with Crippen LogP contribution in [0.3, 0.4) is 0 Å². The highest BCUT2D eigenvalue weighted by Crippen LogP contribution is 2.38. The molecule has 1 heterocycles. The number of carbonyl (C=O) groups is 2. The number of amides is 2. The van der Waals surface area contributed by atoms with E-state index in [0.717, 1.165) is 0 Å². The molecule has 0 aliphatic carbocycles. The molecule has 2 amide bonds. The highest BCUT2D eigenvalue weighted by Gasteiger charge is 2.48. The molecule has 1 aromatic rings. The Hall–Kier alpha value is -1.88. The Bertz CT molecular complexity index is 495. The van der Waals surface area contributed by atoms with Gasteiger partial charge < -0.3 is 5.11 Å². The van der Waals surface area contributed by atoms with Crippen molar-refractivity contribution in [3.63, 3.8) is 0 Å². The van der Waals surface area contributed by atoms with E-state index in [0.29, 0.717) is 12.0 Å². The number of imide groups is 1. The average Bonchev–Trinajstić information content (AvgIpc) is 2.55. The van der Waals surface area contributed by atoms with Crippen LogP contribution in [0.2, 0.25) is 0 Å². The minimum atomic E-state index is -0.666. The zero-order valence-electron chi connectivity index (χ0n) is 10.9. The predicted octanol–water partition coefficient (Wildman–Crippen LogP) is 1.90. The van der Waals surface area contributed by atoms with Crippen molar-refractivity contribution in [1.29, 1.82) is 0 Å². The molecular weight excluding hydrogens is 246 g/mol. The molecule has 102 valence electrons. The van der Waals surface area contributed by atoms with Gasteiger partial charge in [-0.05, 0) is 30.0 Å². The molecule has 0 saturated carbocycles. The van der Waals surface area contributed by atoms with Crippen LogP contribution in [0.5, 0.6) is 5.75 Å². The predicted molar refractivity (Wildman–Crippen MR) is 67.4 cm³/mol. The van der Waals surface area contributed by atoms with Gasteiger partial charge in [0.15, 0.2) is 0 Å². The third-order valence-electron chi connectivity index (χ3n) is 3.38. The minimum absolute atomic E-state index is 0.0989. The van der Waals surface area contributed by atoms with E-state index in [9.17, 15) is 19.9 Å². The van der Waals surface area contributed by atoms with E-state index < -0.39 is 23.7 Å². The van der Waals surface area contributed by atoms with Gasteiger partial charge >= 0.3 is 0 Å². The van der Waals surface area contributed by atoms with Gasteiger partial charge in [-0.3, -0.25) is 14.8 Å². The fourth-order valence-corrected chi connectivity index (χ4v) is 2.51. The number of rotatable bonds is 3. The first-order valence-corrected chi connectivity index (χ1v) is 6.27. The molecule has 5 heteroatoms. The monoisotopic (exact) mass is 263 g/mol. The van der Waals surface area contributed by atoms with Crippen molar-refractivity contribution in [2.24, 2.45) is 11.8 Å². The van der Waals surface area contributed by atoms with Crippen LogP contribution in [0.25, 0.3) is 0 Å². The Morgan fingerprint density at radius 3 is 2.26 bits per heavy atom. The van der Waals surface area contributed by atoms with Crippen molar-refractivity contribution in [2.75, 3.05) is 0 Å². The molecule has 0 aromatic heterocycles. The molecule has 0 bridgehead atoms. The highest BCUT2D eigenvalue weighted by molar-refractivity contribution is 6.06. The van der Waals surface area contributed by atoms with E-state index in [4.69, 9.17) is 0 Å². The van der Waals surface area contributed by atoms with Crippen LogP contribution in [0, 0.1) is 11.8 Å². The van der Waals surface area contributed by atoms with Crippen molar-refractivity contribution < 1.29 is 19.9 Å². The molecule has 0 radical (unpaired) electrons. The van der Waals surface area contributed by atoms with Gasteiger partial charge in [-0.1, -0.05) is 26.0 Å². The molecule has 1 aliphatic rings. The lowest BCUT2D eigenvalue weighted by Gasteiger charge is -2.17. The van der Waals surface area contributed by atoms with E-state index in [1.165, 1.54) is 12.1 Å². The first-order valence-electron chi connectivity index (χ1n) is 6.27. The molecule has 19 heavy (non-hydrogen) atoms. The van der Waals surface area contributed by atoms with Crippen LogP contribution >= 0.6 is 0 Å². The van der Waals surface area contributed by atoms with Gasteiger partial charge in [0.05, 0.1) is 11.8 Å². The summed E-state index contributed by atoms with van der Waals surface area (Å²) in [6.45, 7) is 3.93. The van der Waals surface area contributed by atoms with Gasteiger partial charge in [-0.15, -0.1) is 0 Å². The maximum absolute atomic E-state index is 12.0. The number of hydrogen-bond acceptors (Lipinski definition) is 4. The third kappa shape index (κ3) is 2.46. The lowest BCUT2D eigenvalue weighted by molar-refractivity contribution is -0.172. The Labute approximate surface area is 111 Å². The van der Waals surface area contributed by atoms with Gasteiger partial charge in [0.25, 0.3) is 11.8 Å². The Morgan fingerprint density at radius 1 is 1.16 bits per heavy atom. The van der Waals surface area contributed by atoms with E-state index in [-0.39, 0.29) is 16.7 Å². The molecule has 2 unspecified atom stereocenters. The number of hydroxylamine groups is 2. The molecule has 1 fully saturated rings. The fourth-order valence-electron chi connectivity index (χ4n) is 2.51. The van der Waals surface area contributed by atoms with Gasteiger partial charge in [0.2, 0.25) is 0 Å². The lowest BCUT2D eigenvalue weighted by atomic mass is 9.83. The van der Waals surface area contributed by atoms with Crippen molar-refractivity contribution in [3.05, 3.63) is 29.8 Å². The zero-order chi connectivity index (χ0) is 14.2. The largest absolute Gasteiger partial charge is 0.508 e.